The third kappa shape index (κ3) is 4.70. The van der Waals surface area contributed by atoms with Gasteiger partial charge in [-0.05, 0) is 35.6 Å². The van der Waals surface area contributed by atoms with Crippen LogP contribution in [-0.2, 0) is 30.9 Å². The Morgan fingerprint density at radius 3 is 2.73 bits per heavy atom. The highest BCUT2D eigenvalue weighted by atomic mass is 16.5. The third-order valence-electron chi connectivity index (χ3n) is 6.75. The van der Waals surface area contributed by atoms with Gasteiger partial charge in [-0.2, -0.15) is 0 Å². The number of aromatic nitrogens is 1. The molecule has 2 heterocycles. The molecule has 7 nitrogen and oxygen atoms in total. The summed E-state index contributed by atoms with van der Waals surface area (Å²) in [6.45, 7) is 5.47. The predicted octanol–water partition coefficient (Wildman–Crippen LogP) is 2.57. The highest BCUT2D eigenvalue weighted by Crippen LogP contribution is 2.52. The number of amides is 2. The quantitative estimate of drug-likeness (QED) is 0.627. The second-order valence-electron chi connectivity index (χ2n) is 8.68. The largest absolute Gasteiger partial charge is 0.375 e. The van der Waals surface area contributed by atoms with Crippen molar-refractivity contribution in [1.82, 2.24) is 15.2 Å². The molecule has 7 heteroatoms. The average Bonchev–Trinajstić information content (AvgIpc) is 3.07. The van der Waals surface area contributed by atoms with E-state index in [9.17, 15) is 9.59 Å². The van der Waals surface area contributed by atoms with Gasteiger partial charge in [-0.25, -0.2) is 0 Å². The molecule has 1 aliphatic carbocycles. The minimum absolute atomic E-state index is 0.00350. The summed E-state index contributed by atoms with van der Waals surface area (Å²) in [4.78, 5) is 31.4. The van der Waals surface area contributed by atoms with Crippen molar-refractivity contribution < 1.29 is 19.1 Å². The second-order valence-corrected chi connectivity index (χ2v) is 8.68. The van der Waals surface area contributed by atoms with Crippen LogP contribution in [0, 0.1) is 0 Å². The Morgan fingerprint density at radius 2 is 2.03 bits per heavy atom. The number of methoxy groups -OCH3 is 1. The zero-order chi connectivity index (χ0) is 23.3. The van der Waals surface area contributed by atoms with Gasteiger partial charge in [-0.15, -0.1) is 6.58 Å². The maximum atomic E-state index is 12.9. The third-order valence-corrected chi connectivity index (χ3v) is 6.75. The number of piperidine rings is 1. The lowest BCUT2D eigenvalue weighted by atomic mass is 9.71. The van der Waals surface area contributed by atoms with Crippen molar-refractivity contribution in [3.8, 4) is 0 Å². The molecular weight excluding hydrogens is 418 g/mol. The van der Waals surface area contributed by atoms with Crippen LogP contribution in [-0.4, -0.2) is 61.2 Å². The van der Waals surface area contributed by atoms with Crippen LogP contribution >= 0.6 is 0 Å². The van der Waals surface area contributed by atoms with E-state index in [4.69, 9.17) is 9.47 Å². The number of rotatable bonds is 8. The summed E-state index contributed by atoms with van der Waals surface area (Å²) < 4.78 is 11.4. The van der Waals surface area contributed by atoms with Crippen LogP contribution < -0.4 is 5.32 Å². The number of nitrogens with zero attached hydrogens (tertiary/aromatic N) is 2. The fourth-order valence-electron chi connectivity index (χ4n) is 5.28. The van der Waals surface area contributed by atoms with Gasteiger partial charge in [0.2, 0.25) is 11.8 Å². The van der Waals surface area contributed by atoms with Crippen LogP contribution in [0.15, 0.2) is 61.4 Å². The van der Waals surface area contributed by atoms with Gasteiger partial charge in [0.05, 0.1) is 25.2 Å². The van der Waals surface area contributed by atoms with Crippen LogP contribution in [0.2, 0.25) is 0 Å². The molecule has 0 saturated carbocycles. The van der Waals surface area contributed by atoms with E-state index < -0.39 is 0 Å². The number of carbonyl (C=O) groups excluding carboxylic acids is 2. The molecule has 0 bridgehead atoms. The molecule has 1 aliphatic heterocycles. The normalized spacial score (nSPS) is 20.9. The van der Waals surface area contributed by atoms with Crippen LogP contribution in [0.4, 0.5) is 0 Å². The van der Waals surface area contributed by atoms with E-state index in [0.29, 0.717) is 26.1 Å². The lowest BCUT2D eigenvalue weighted by Crippen LogP contribution is -2.52. The smallest absolute Gasteiger partial charge is 0.246 e. The molecule has 2 aliphatic rings. The predicted molar refractivity (Wildman–Crippen MR) is 125 cm³/mol. The first-order valence-electron chi connectivity index (χ1n) is 11.4. The number of fused-ring (bicyclic) bond motifs is 2. The van der Waals surface area contributed by atoms with Crippen molar-refractivity contribution in [1.29, 1.82) is 0 Å². The zero-order valence-electron chi connectivity index (χ0n) is 19.0. The van der Waals surface area contributed by atoms with Gasteiger partial charge in [0.15, 0.2) is 0 Å². The molecule has 1 N–H and O–H groups in total. The Bertz CT molecular complexity index is 986. The standard InChI is InChI=1S/C26H31N3O4/c1-3-15-33-25-24(28-22(30)18-32-2)20-8-4-5-9-21(20)26(25)10-13-29(14-11-26)23(31)16-19-7-6-12-27-17-19/h3-9,12,17,24-25H,1,10-11,13-16,18H2,2H3,(H,28,30)/t24-,25+/m1/s1. The number of ether oxygens (including phenoxy) is 2. The topological polar surface area (TPSA) is 80.8 Å². The summed E-state index contributed by atoms with van der Waals surface area (Å²) in [5.41, 5.74) is 2.91. The molecule has 174 valence electrons. The van der Waals surface area contributed by atoms with Gasteiger partial charge in [0, 0.05) is 38.0 Å². The van der Waals surface area contributed by atoms with E-state index in [1.165, 1.54) is 12.7 Å². The molecular formula is C26H31N3O4. The van der Waals surface area contributed by atoms with Crippen molar-refractivity contribution in [3.05, 3.63) is 78.1 Å². The monoisotopic (exact) mass is 449 g/mol. The number of likely N-dealkylation sites (tertiary alicyclic amines) is 1. The molecule has 0 unspecified atom stereocenters. The SMILES string of the molecule is C=CCO[C@H]1[C@H](NC(=O)COC)c2ccccc2C12CCN(C(=O)Cc1cccnc1)CC2. The van der Waals surface area contributed by atoms with E-state index in [1.54, 1.807) is 18.5 Å². The Balaban J connectivity index is 1.56. The summed E-state index contributed by atoms with van der Waals surface area (Å²) in [5, 5.41) is 3.12. The van der Waals surface area contributed by atoms with Crippen LogP contribution in [0.3, 0.4) is 0 Å². The average molecular weight is 450 g/mol. The van der Waals surface area contributed by atoms with Crippen LogP contribution in [0.25, 0.3) is 0 Å². The van der Waals surface area contributed by atoms with Gasteiger partial charge in [-0.3, -0.25) is 14.6 Å². The van der Waals surface area contributed by atoms with Crippen molar-refractivity contribution in [2.45, 2.75) is 36.8 Å². The van der Waals surface area contributed by atoms with Gasteiger partial charge in [0.1, 0.15) is 6.61 Å². The Kier molecular flexibility index (Phi) is 7.20. The number of nitrogens with one attached hydrogen (secondary N) is 1. The summed E-state index contributed by atoms with van der Waals surface area (Å²) in [5.74, 6) is -0.0664. The molecule has 1 saturated heterocycles. The molecule has 1 aromatic carbocycles. The number of hydrogen-bond acceptors (Lipinski definition) is 5. The fraction of sp³-hybridized carbons (Fsp3) is 0.423. The minimum atomic E-state index is -0.282. The first-order valence-corrected chi connectivity index (χ1v) is 11.4. The first-order chi connectivity index (χ1) is 16.1. The van der Waals surface area contributed by atoms with Gasteiger partial charge >= 0.3 is 0 Å². The van der Waals surface area contributed by atoms with E-state index in [-0.39, 0.29) is 36.0 Å². The van der Waals surface area contributed by atoms with E-state index in [2.05, 4.69) is 29.0 Å². The minimum Gasteiger partial charge on any atom is -0.375 e. The van der Waals surface area contributed by atoms with Crippen molar-refractivity contribution >= 4 is 11.8 Å². The molecule has 2 atom stereocenters. The lowest BCUT2D eigenvalue weighted by molar-refractivity contribution is -0.133. The Hall–Kier alpha value is -3.03. The van der Waals surface area contributed by atoms with Crippen molar-refractivity contribution in [3.63, 3.8) is 0 Å². The molecule has 1 spiro atoms. The summed E-state index contributed by atoms with van der Waals surface area (Å²) in [7, 11) is 1.51. The van der Waals surface area contributed by atoms with Crippen LogP contribution in [0.5, 0.6) is 0 Å². The lowest BCUT2D eigenvalue weighted by Gasteiger charge is -2.44. The highest BCUT2D eigenvalue weighted by Gasteiger charge is 2.54. The van der Waals surface area contributed by atoms with Gasteiger partial charge in [-0.1, -0.05) is 36.4 Å². The summed E-state index contributed by atoms with van der Waals surface area (Å²) in [6, 6.07) is 11.7. The Labute approximate surface area is 194 Å². The number of carbonyl (C=O) groups is 2. The highest BCUT2D eigenvalue weighted by molar-refractivity contribution is 5.79. The van der Waals surface area contributed by atoms with Crippen molar-refractivity contribution in [2.75, 3.05) is 33.4 Å². The molecule has 0 radical (unpaired) electrons. The molecule has 1 fully saturated rings. The van der Waals surface area contributed by atoms with E-state index in [1.807, 2.05) is 29.2 Å². The summed E-state index contributed by atoms with van der Waals surface area (Å²) >= 11 is 0. The number of hydrogen-bond donors (Lipinski definition) is 1. The zero-order valence-corrected chi connectivity index (χ0v) is 19.0. The maximum Gasteiger partial charge on any atom is 0.246 e. The second kappa shape index (κ2) is 10.3. The Morgan fingerprint density at radius 1 is 1.24 bits per heavy atom. The first kappa shape index (κ1) is 23.1. The van der Waals surface area contributed by atoms with Gasteiger partial charge < -0.3 is 19.7 Å². The number of pyridine rings is 1. The van der Waals surface area contributed by atoms with Crippen molar-refractivity contribution in [2.24, 2.45) is 0 Å². The summed E-state index contributed by atoms with van der Waals surface area (Å²) in [6.07, 6.45) is 6.82. The maximum absolute atomic E-state index is 12.9. The fourth-order valence-corrected chi connectivity index (χ4v) is 5.28. The van der Waals surface area contributed by atoms with E-state index >= 15 is 0 Å². The molecule has 4 rings (SSSR count). The van der Waals surface area contributed by atoms with Gasteiger partial charge in [0.25, 0.3) is 0 Å². The molecule has 2 aromatic rings. The number of benzene rings is 1. The molecule has 1 aromatic heterocycles. The van der Waals surface area contributed by atoms with Crippen LogP contribution in [0.1, 0.15) is 35.6 Å². The van der Waals surface area contributed by atoms with E-state index in [0.717, 1.165) is 24.0 Å². The molecule has 33 heavy (non-hydrogen) atoms. The molecule has 2 amide bonds.